The minimum atomic E-state index is -2.07. The number of aliphatic hydroxyl groups is 1. The minimum absolute atomic E-state index is 0.0169. The molecule has 0 aliphatic heterocycles. The highest BCUT2D eigenvalue weighted by Gasteiger charge is 2.40. The van der Waals surface area contributed by atoms with Crippen LogP contribution in [0.4, 0.5) is 0 Å². The van der Waals surface area contributed by atoms with E-state index in [4.69, 9.17) is 9.16 Å². The van der Waals surface area contributed by atoms with Crippen molar-refractivity contribution in [1.29, 1.82) is 0 Å². The third-order valence-electron chi connectivity index (χ3n) is 4.47. The number of methoxy groups -OCH3 is 1. The van der Waals surface area contributed by atoms with Gasteiger partial charge in [-0.25, -0.2) is 0 Å². The fraction of sp³-hybridized carbons (Fsp3) is 0.625. The highest BCUT2D eigenvalue weighted by molar-refractivity contribution is 6.74. The zero-order valence-corrected chi connectivity index (χ0v) is 15.7. The van der Waals surface area contributed by atoms with Crippen LogP contribution in [0.3, 0.4) is 0 Å². The third kappa shape index (κ3) is 5.02. The highest BCUT2D eigenvalue weighted by Crippen LogP contribution is 2.37. The van der Waals surface area contributed by atoms with E-state index >= 15 is 0 Å². The van der Waals surface area contributed by atoms with Gasteiger partial charge in [-0.15, -0.1) is 0 Å². The Morgan fingerprint density at radius 1 is 1.26 bits per heavy atom. The van der Waals surface area contributed by atoms with Crippen molar-refractivity contribution in [2.45, 2.75) is 51.0 Å². The van der Waals surface area contributed by atoms with Crippen molar-refractivity contribution in [3.05, 3.63) is 39.9 Å². The Kier molecular flexibility index (Phi) is 6.32. The summed E-state index contributed by atoms with van der Waals surface area (Å²) in [6.45, 7) is 10.3. The monoisotopic (exact) mass is 341 g/mol. The van der Waals surface area contributed by atoms with Crippen molar-refractivity contribution in [3.8, 4) is 5.75 Å². The Labute approximate surface area is 138 Å². The van der Waals surface area contributed by atoms with Gasteiger partial charge in [-0.2, -0.15) is 0 Å². The molecule has 1 N–H and O–H groups in total. The number of hydrogen-bond donors (Lipinski definition) is 1. The molecule has 0 saturated heterocycles. The van der Waals surface area contributed by atoms with Gasteiger partial charge in [0.15, 0.2) is 8.32 Å². The molecule has 6 nitrogen and oxygen atoms in total. The number of benzene rings is 1. The van der Waals surface area contributed by atoms with E-state index in [1.807, 2.05) is 13.1 Å². The second kappa shape index (κ2) is 7.42. The molecule has 0 fully saturated rings. The normalized spacial score (nSPS) is 15.1. The van der Waals surface area contributed by atoms with Gasteiger partial charge in [0.1, 0.15) is 11.9 Å². The molecule has 0 heterocycles. The van der Waals surface area contributed by atoms with Gasteiger partial charge in [0.25, 0.3) is 6.04 Å². The summed E-state index contributed by atoms with van der Waals surface area (Å²) in [4.78, 5) is 10.9. The van der Waals surface area contributed by atoms with Gasteiger partial charge in [-0.05, 0) is 42.4 Å². The van der Waals surface area contributed by atoms with E-state index in [2.05, 4.69) is 20.8 Å². The van der Waals surface area contributed by atoms with Gasteiger partial charge in [0.2, 0.25) is 0 Å². The molecule has 0 unspecified atom stereocenters. The van der Waals surface area contributed by atoms with Gasteiger partial charge in [-0.3, -0.25) is 10.1 Å². The summed E-state index contributed by atoms with van der Waals surface area (Å²) in [6.07, 6.45) is -1.20. The topological polar surface area (TPSA) is 81.8 Å². The van der Waals surface area contributed by atoms with E-state index in [1.54, 1.807) is 24.3 Å². The number of hydrogen-bond acceptors (Lipinski definition) is 5. The lowest BCUT2D eigenvalue weighted by atomic mass is 10.0. The largest absolute Gasteiger partial charge is 0.497 e. The summed E-state index contributed by atoms with van der Waals surface area (Å²) >= 11 is 0. The first-order valence-corrected chi connectivity index (χ1v) is 10.5. The van der Waals surface area contributed by atoms with Crippen LogP contribution in [-0.4, -0.2) is 38.2 Å². The molecule has 1 rings (SSSR count). The van der Waals surface area contributed by atoms with E-state index in [1.165, 1.54) is 7.11 Å². The molecule has 2 atom stereocenters. The number of aliphatic hydroxyl groups excluding tert-OH is 1. The molecule has 0 bridgehead atoms. The number of ether oxygens (including phenoxy) is 1. The van der Waals surface area contributed by atoms with E-state index in [-0.39, 0.29) is 11.6 Å². The summed E-state index contributed by atoms with van der Waals surface area (Å²) in [6, 6.07) is 5.27. The van der Waals surface area contributed by atoms with Crippen LogP contribution in [0.5, 0.6) is 5.75 Å². The fourth-order valence-electron chi connectivity index (χ4n) is 1.89. The molecule has 0 radical (unpaired) electrons. The molecule has 0 saturated carbocycles. The van der Waals surface area contributed by atoms with Gasteiger partial charge in [0.05, 0.1) is 13.7 Å². The molecule has 130 valence electrons. The lowest BCUT2D eigenvalue weighted by Gasteiger charge is -2.36. The zero-order valence-electron chi connectivity index (χ0n) is 14.7. The standard InChI is InChI=1S/C16H27NO5Si/c1-16(2,3)23(5,6)22-11-14(18)15(17(19)20)12-7-9-13(21-4)10-8-12/h7-10,14-15,18H,11H2,1-6H3/t14-,15-/m0/s1. The predicted octanol–water partition coefficient (Wildman–Crippen LogP) is 3.40. The first kappa shape index (κ1) is 19.6. The molecule has 1 aromatic carbocycles. The Morgan fingerprint density at radius 2 is 1.78 bits per heavy atom. The first-order chi connectivity index (χ1) is 10.5. The van der Waals surface area contributed by atoms with Crippen molar-refractivity contribution in [1.82, 2.24) is 0 Å². The smallest absolute Gasteiger partial charge is 0.265 e. The minimum Gasteiger partial charge on any atom is -0.497 e. The zero-order chi connectivity index (χ0) is 17.8. The second-order valence-corrected chi connectivity index (χ2v) is 12.0. The van der Waals surface area contributed by atoms with Crippen molar-refractivity contribution in [2.24, 2.45) is 0 Å². The van der Waals surface area contributed by atoms with Crippen LogP contribution in [0.2, 0.25) is 18.1 Å². The van der Waals surface area contributed by atoms with E-state index in [0.29, 0.717) is 11.3 Å². The summed E-state index contributed by atoms with van der Waals surface area (Å²) in [5.74, 6) is 0.614. The lowest BCUT2D eigenvalue weighted by molar-refractivity contribution is -0.541. The predicted molar refractivity (Wildman–Crippen MR) is 91.9 cm³/mol. The van der Waals surface area contributed by atoms with E-state index in [9.17, 15) is 15.2 Å². The van der Waals surface area contributed by atoms with Gasteiger partial charge >= 0.3 is 0 Å². The molecule has 0 amide bonds. The molecular weight excluding hydrogens is 314 g/mol. The Morgan fingerprint density at radius 3 is 2.17 bits per heavy atom. The molecule has 0 aromatic heterocycles. The maximum atomic E-state index is 11.4. The quantitative estimate of drug-likeness (QED) is 0.467. The average molecular weight is 341 g/mol. The Hall–Kier alpha value is -1.44. The Balaban J connectivity index is 2.87. The number of nitrogens with zero attached hydrogens (tertiary/aromatic N) is 1. The fourth-order valence-corrected chi connectivity index (χ4v) is 2.91. The molecule has 0 spiro atoms. The van der Waals surface area contributed by atoms with Crippen LogP contribution >= 0.6 is 0 Å². The maximum Gasteiger partial charge on any atom is 0.265 e. The van der Waals surface area contributed by atoms with Crippen molar-refractivity contribution in [3.63, 3.8) is 0 Å². The summed E-state index contributed by atoms with van der Waals surface area (Å²) in [7, 11) is -0.537. The van der Waals surface area contributed by atoms with Gasteiger partial charge < -0.3 is 14.3 Å². The van der Waals surface area contributed by atoms with Gasteiger partial charge in [-0.1, -0.05) is 20.8 Å². The van der Waals surface area contributed by atoms with E-state index < -0.39 is 25.4 Å². The third-order valence-corrected chi connectivity index (χ3v) is 8.97. The molecular formula is C16H27NO5Si. The number of nitro groups is 1. The Bertz CT molecular complexity index is 524. The molecule has 1 aromatic rings. The molecule has 7 heteroatoms. The van der Waals surface area contributed by atoms with Crippen molar-refractivity contribution < 1.29 is 19.2 Å². The maximum absolute atomic E-state index is 11.4. The van der Waals surface area contributed by atoms with Gasteiger partial charge in [0, 0.05) is 10.5 Å². The van der Waals surface area contributed by atoms with Crippen molar-refractivity contribution in [2.75, 3.05) is 13.7 Å². The van der Waals surface area contributed by atoms with Crippen molar-refractivity contribution >= 4 is 8.32 Å². The molecule has 23 heavy (non-hydrogen) atoms. The summed E-state index contributed by atoms with van der Waals surface area (Å²) in [5.41, 5.74) is 0.433. The lowest BCUT2D eigenvalue weighted by Crippen LogP contribution is -2.44. The van der Waals surface area contributed by atoms with Crippen LogP contribution in [0.1, 0.15) is 32.4 Å². The van der Waals surface area contributed by atoms with Crippen LogP contribution in [-0.2, 0) is 4.43 Å². The van der Waals surface area contributed by atoms with Crippen LogP contribution in [0, 0.1) is 10.1 Å². The van der Waals surface area contributed by atoms with Crippen LogP contribution in [0.15, 0.2) is 24.3 Å². The highest BCUT2D eigenvalue weighted by atomic mass is 28.4. The molecule has 0 aliphatic rings. The summed E-state index contributed by atoms with van der Waals surface area (Å²) < 4.78 is 11.0. The first-order valence-electron chi connectivity index (χ1n) is 7.59. The van der Waals surface area contributed by atoms with Crippen LogP contribution in [0.25, 0.3) is 0 Å². The number of rotatable bonds is 7. The summed E-state index contributed by atoms with van der Waals surface area (Å²) in [5, 5.41) is 21.7. The SMILES string of the molecule is COc1ccc([C@@H]([C@@H](O)CO[Si](C)(C)C(C)(C)C)[N+](=O)[O-])cc1. The van der Waals surface area contributed by atoms with Crippen LogP contribution < -0.4 is 4.74 Å². The average Bonchev–Trinajstić information content (AvgIpc) is 2.44. The molecule has 0 aliphatic carbocycles. The second-order valence-electron chi connectivity index (χ2n) is 7.14. The van der Waals surface area contributed by atoms with E-state index in [0.717, 1.165) is 0 Å².